The van der Waals surface area contributed by atoms with E-state index in [0.29, 0.717) is 31.1 Å². The van der Waals surface area contributed by atoms with E-state index in [4.69, 9.17) is 5.73 Å². The quantitative estimate of drug-likeness (QED) is 0.540. The van der Waals surface area contributed by atoms with Crippen molar-refractivity contribution in [3.63, 3.8) is 0 Å². The van der Waals surface area contributed by atoms with E-state index in [9.17, 15) is 14.0 Å². The minimum Gasteiger partial charge on any atom is -0.399 e. The molecule has 1 aromatic carbocycles. The third kappa shape index (κ3) is 4.22. The summed E-state index contributed by atoms with van der Waals surface area (Å²) in [4.78, 5) is 23.1. The molecule has 2 rings (SSSR count). The number of benzene rings is 1. The number of anilines is 1. The van der Waals surface area contributed by atoms with Crippen molar-refractivity contribution in [1.29, 1.82) is 0 Å². The third-order valence-electron chi connectivity index (χ3n) is 3.04. The first-order valence-electron chi connectivity index (χ1n) is 6.69. The van der Waals surface area contributed by atoms with Crippen LogP contribution < -0.4 is 16.4 Å². The zero-order chi connectivity index (χ0) is 14.5. The molecule has 0 aromatic heterocycles. The molecule has 1 aliphatic rings. The lowest BCUT2D eigenvalue weighted by Crippen LogP contribution is -2.28. The smallest absolute Gasteiger partial charge is 0.254 e. The summed E-state index contributed by atoms with van der Waals surface area (Å²) < 4.78 is 13.4. The van der Waals surface area contributed by atoms with E-state index in [2.05, 4.69) is 10.6 Å². The Balaban J connectivity index is 1.71. The van der Waals surface area contributed by atoms with Gasteiger partial charge in [-0.3, -0.25) is 9.59 Å². The maximum absolute atomic E-state index is 13.4. The van der Waals surface area contributed by atoms with E-state index in [1.165, 1.54) is 12.1 Å². The third-order valence-corrected chi connectivity index (χ3v) is 3.04. The largest absolute Gasteiger partial charge is 0.399 e. The van der Waals surface area contributed by atoms with E-state index >= 15 is 0 Å². The monoisotopic (exact) mass is 279 g/mol. The molecular weight excluding hydrogens is 261 g/mol. The second-order valence-electron chi connectivity index (χ2n) is 4.94. The number of halogens is 1. The average Bonchev–Trinajstić information content (AvgIpc) is 3.21. The van der Waals surface area contributed by atoms with Gasteiger partial charge < -0.3 is 16.4 Å². The minimum atomic E-state index is -0.608. The van der Waals surface area contributed by atoms with Gasteiger partial charge in [-0.05, 0) is 37.5 Å². The van der Waals surface area contributed by atoms with Gasteiger partial charge in [-0.2, -0.15) is 0 Å². The molecule has 0 bridgehead atoms. The van der Waals surface area contributed by atoms with E-state index in [1.807, 2.05) is 0 Å². The fraction of sp³-hybridized carbons (Fsp3) is 0.429. The van der Waals surface area contributed by atoms with Crippen LogP contribution in [0.5, 0.6) is 0 Å². The van der Waals surface area contributed by atoms with E-state index < -0.39 is 11.7 Å². The summed E-state index contributed by atoms with van der Waals surface area (Å²) >= 11 is 0. The van der Waals surface area contributed by atoms with Gasteiger partial charge in [0.05, 0.1) is 5.56 Å². The number of amides is 2. The first-order valence-corrected chi connectivity index (χ1v) is 6.69. The highest BCUT2D eigenvalue weighted by molar-refractivity contribution is 5.95. The Labute approximate surface area is 116 Å². The minimum absolute atomic E-state index is 0.00288. The van der Waals surface area contributed by atoms with Gasteiger partial charge in [0.25, 0.3) is 5.91 Å². The Morgan fingerprint density at radius 2 is 2.10 bits per heavy atom. The maximum atomic E-state index is 13.4. The molecule has 2 amide bonds. The van der Waals surface area contributed by atoms with Gasteiger partial charge in [0.15, 0.2) is 0 Å². The van der Waals surface area contributed by atoms with Crippen LogP contribution in [0.15, 0.2) is 18.2 Å². The van der Waals surface area contributed by atoms with Crippen LogP contribution in [-0.2, 0) is 4.79 Å². The van der Waals surface area contributed by atoms with Crippen LogP contribution in [-0.4, -0.2) is 24.4 Å². The molecule has 1 aliphatic carbocycles. The summed E-state index contributed by atoms with van der Waals surface area (Å²) in [6, 6.07) is 4.20. The predicted molar refractivity (Wildman–Crippen MR) is 73.5 cm³/mol. The van der Waals surface area contributed by atoms with Crippen molar-refractivity contribution >= 4 is 17.5 Å². The number of carbonyl (C=O) groups excluding carboxylic acids is 2. The molecule has 0 radical (unpaired) electrons. The Morgan fingerprint density at radius 3 is 2.80 bits per heavy atom. The summed E-state index contributed by atoms with van der Waals surface area (Å²) in [6.07, 6.45) is 2.98. The molecule has 6 heteroatoms. The first kappa shape index (κ1) is 14.3. The van der Waals surface area contributed by atoms with Crippen LogP contribution in [0.2, 0.25) is 0 Å². The number of hydrogen-bond donors (Lipinski definition) is 3. The molecule has 4 N–H and O–H groups in total. The summed E-state index contributed by atoms with van der Waals surface area (Å²) in [5.74, 6) is -1.13. The highest BCUT2D eigenvalue weighted by atomic mass is 19.1. The number of nitrogen functional groups attached to an aromatic ring is 1. The number of nitrogens with one attached hydrogen (secondary N) is 2. The molecule has 0 aliphatic heterocycles. The van der Waals surface area contributed by atoms with Crippen LogP contribution in [0.4, 0.5) is 10.1 Å². The highest BCUT2D eigenvalue weighted by Crippen LogP contribution is 2.18. The standard InChI is InChI=1S/C14H18FN3O2/c15-12-6-3-9(16)8-11(12)14(20)17-7-1-2-13(19)18-10-4-5-10/h3,6,8,10H,1-2,4-5,7,16H2,(H,17,20)(H,18,19). The summed E-state index contributed by atoms with van der Waals surface area (Å²) in [5, 5.41) is 5.44. The summed E-state index contributed by atoms with van der Waals surface area (Å²) in [7, 11) is 0. The molecule has 5 nitrogen and oxygen atoms in total. The van der Waals surface area contributed by atoms with Crippen molar-refractivity contribution in [3.05, 3.63) is 29.6 Å². The Morgan fingerprint density at radius 1 is 1.35 bits per heavy atom. The van der Waals surface area contributed by atoms with Crippen molar-refractivity contribution in [3.8, 4) is 0 Å². The van der Waals surface area contributed by atoms with Gasteiger partial charge in [-0.1, -0.05) is 0 Å². The van der Waals surface area contributed by atoms with Crippen LogP contribution in [0.1, 0.15) is 36.0 Å². The number of rotatable bonds is 6. The zero-order valence-corrected chi connectivity index (χ0v) is 11.1. The average molecular weight is 279 g/mol. The van der Waals surface area contributed by atoms with Gasteiger partial charge >= 0.3 is 0 Å². The molecule has 1 aromatic rings. The van der Waals surface area contributed by atoms with E-state index in [0.717, 1.165) is 18.9 Å². The van der Waals surface area contributed by atoms with E-state index in [1.54, 1.807) is 0 Å². The molecule has 0 saturated heterocycles. The van der Waals surface area contributed by atoms with Crippen molar-refractivity contribution in [2.75, 3.05) is 12.3 Å². The zero-order valence-electron chi connectivity index (χ0n) is 11.1. The molecule has 1 fully saturated rings. The second-order valence-corrected chi connectivity index (χ2v) is 4.94. The lowest BCUT2D eigenvalue weighted by atomic mass is 10.1. The lowest BCUT2D eigenvalue weighted by molar-refractivity contribution is -0.121. The number of carbonyl (C=O) groups is 2. The van der Waals surface area contributed by atoms with Crippen molar-refractivity contribution in [2.24, 2.45) is 0 Å². The molecule has 0 spiro atoms. The Kier molecular flexibility index (Phi) is 4.55. The predicted octanol–water partition coefficient (Wildman–Crippen LogP) is 1.20. The normalized spacial score (nSPS) is 13.8. The van der Waals surface area contributed by atoms with Gasteiger partial charge in [-0.15, -0.1) is 0 Å². The van der Waals surface area contributed by atoms with E-state index in [-0.39, 0.29) is 11.5 Å². The van der Waals surface area contributed by atoms with Crippen LogP contribution in [0.3, 0.4) is 0 Å². The van der Waals surface area contributed by atoms with Crippen molar-refractivity contribution in [1.82, 2.24) is 10.6 Å². The van der Waals surface area contributed by atoms with Crippen molar-refractivity contribution < 1.29 is 14.0 Å². The fourth-order valence-electron chi connectivity index (χ4n) is 1.79. The highest BCUT2D eigenvalue weighted by Gasteiger charge is 2.22. The van der Waals surface area contributed by atoms with Crippen LogP contribution in [0.25, 0.3) is 0 Å². The Bertz CT molecular complexity index is 515. The molecule has 0 heterocycles. The van der Waals surface area contributed by atoms with Gasteiger partial charge in [0.2, 0.25) is 5.91 Å². The summed E-state index contributed by atoms with van der Waals surface area (Å²) in [6.45, 7) is 0.325. The topological polar surface area (TPSA) is 84.2 Å². The fourth-order valence-corrected chi connectivity index (χ4v) is 1.79. The van der Waals surface area contributed by atoms with Crippen LogP contribution in [0, 0.1) is 5.82 Å². The maximum Gasteiger partial charge on any atom is 0.254 e. The van der Waals surface area contributed by atoms with Gasteiger partial charge in [0, 0.05) is 24.7 Å². The van der Waals surface area contributed by atoms with Gasteiger partial charge in [-0.25, -0.2) is 4.39 Å². The molecule has 1 saturated carbocycles. The molecule has 0 atom stereocenters. The lowest BCUT2D eigenvalue weighted by Gasteiger charge is -2.07. The molecular formula is C14H18FN3O2. The molecule has 0 unspecified atom stereocenters. The SMILES string of the molecule is Nc1ccc(F)c(C(=O)NCCCC(=O)NC2CC2)c1. The number of hydrogen-bond acceptors (Lipinski definition) is 3. The number of nitrogens with two attached hydrogens (primary N) is 1. The Hall–Kier alpha value is -2.11. The molecule has 108 valence electrons. The summed E-state index contributed by atoms with van der Waals surface area (Å²) in [5.41, 5.74) is 5.77. The first-order chi connectivity index (χ1) is 9.56. The molecule has 20 heavy (non-hydrogen) atoms. The van der Waals surface area contributed by atoms with Gasteiger partial charge in [0.1, 0.15) is 5.82 Å². The van der Waals surface area contributed by atoms with Crippen LogP contribution >= 0.6 is 0 Å². The van der Waals surface area contributed by atoms with Crippen molar-refractivity contribution in [2.45, 2.75) is 31.7 Å². The second kappa shape index (κ2) is 6.36.